The quantitative estimate of drug-likeness (QED) is 0.179. The summed E-state index contributed by atoms with van der Waals surface area (Å²) in [6, 6.07) is 0. The Morgan fingerprint density at radius 3 is 2.69 bits per heavy atom. The molecule has 92 valence electrons. The molecule has 7 nitrogen and oxygen atoms in total. The van der Waals surface area contributed by atoms with Crippen LogP contribution >= 0.6 is 0 Å². The molecule has 0 aromatic carbocycles. The predicted octanol–water partition coefficient (Wildman–Crippen LogP) is -0.953. The van der Waals surface area contributed by atoms with Crippen molar-refractivity contribution in [1.29, 1.82) is 0 Å². The average molecular weight is 230 g/mol. The van der Waals surface area contributed by atoms with Gasteiger partial charge in [-0.15, -0.1) is 0 Å². The molecule has 1 amide bonds. The lowest BCUT2D eigenvalue weighted by Crippen LogP contribution is -2.37. The molecule has 1 aliphatic heterocycles. The Morgan fingerprint density at radius 2 is 2.25 bits per heavy atom. The summed E-state index contributed by atoms with van der Waals surface area (Å²) in [4.78, 5) is 12.9. The van der Waals surface area contributed by atoms with Crippen LogP contribution in [0.15, 0.2) is 5.16 Å². The Bertz CT molecular complexity index is 288. The number of nitrogens with two attached hydrogens (primary N) is 2. The fourth-order valence-corrected chi connectivity index (χ4v) is 1.29. The standard InChI is InChI=1S/C9H18N4O3/c1-7(14)13(4-2-8(10)12-15)5-3-9(11)6-16-9/h15H,2-6,11H2,1H3,(H2,10,12). The lowest BCUT2D eigenvalue weighted by atomic mass is 10.2. The maximum atomic E-state index is 11.3. The molecule has 0 radical (unpaired) electrons. The summed E-state index contributed by atoms with van der Waals surface area (Å²) in [5.74, 6) is 0.0476. The first-order valence-corrected chi connectivity index (χ1v) is 5.11. The molecule has 1 heterocycles. The van der Waals surface area contributed by atoms with Gasteiger partial charge in [-0.05, 0) is 0 Å². The van der Waals surface area contributed by atoms with Gasteiger partial charge >= 0.3 is 0 Å². The maximum absolute atomic E-state index is 11.3. The number of amides is 1. The summed E-state index contributed by atoms with van der Waals surface area (Å²) in [7, 11) is 0. The molecule has 7 heteroatoms. The van der Waals surface area contributed by atoms with Crippen LogP contribution in [0.3, 0.4) is 0 Å². The molecular formula is C9H18N4O3. The van der Waals surface area contributed by atoms with E-state index in [2.05, 4.69) is 5.16 Å². The van der Waals surface area contributed by atoms with Gasteiger partial charge in [0, 0.05) is 32.9 Å². The van der Waals surface area contributed by atoms with E-state index in [1.54, 1.807) is 4.90 Å². The molecule has 1 atom stereocenters. The van der Waals surface area contributed by atoms with Gasteiger partial charge in [-0.25, -0.2) is 0 Å². The van der Waals surface area contributed by atoms with Gasteiger partial charge in [-0.1, -0.05) is 5.16 Å². The molecule has 1 saturated heterocycles. The summed E-state index contributed by atoms with van der Waals surface area (Å²) >= 11 is 0. The molecule has 1 rings (SSSR count). The van der Waals surface area contributed by atoms with Crippen LogP contribution in [0.4, 0.5) is 0 Å². The molecule has 0 aromatic heterocycles. The second-order valence-corrected chi connectivity index (χ2v) is 3.95. The molecule has 0 bridgehead atoms. The van der Waals surface area contributed by atoms with Gasteiger partial charge in [0.25, 0.3) is 0 Å². The number of oxime groups is 1. The van der Waals surface area contributed by atoms with Crippen LogP contribution in [0.2, 0.25) is 0 Å². The highest BCUT2D eigenvalue weighted by Crippen LogP contribution is 2.23. The summed E-state index contributed by atoms with van der Waals surface area (Å²) in [6.07, 6.45) is 0.942. The van der Waals surface area contributed by atoms with E-state index in [0.717, 1.165) is 0 Å². The molecule has 16 heavy (non-hydrogen) atoms. The van der Waals surface area contributed by atoms with Gasteiger partial charge in [0.1, 0.15) is 11.6 Å². The smallest absolute Gasteiger partial charge is 0.219 e. The van der Waals surface area contributed by atoms with E-state index >= 15 is 0 Å². The van der Waals surface area contributed by atoms with Crippen LogP contribution in [0.5, 0.6) is 0 Å². The van der Waals surface area contributed by atoms with Crippen LogP contribution in [0, 0.1) is 0 Å². The van der Waals surface area contributed by atoms with Crippen LogP contribution < -0.4 is 11.5 Å². The highest BCUT2D eigenvalue weighted by molar-refractivity contribution is 5.80. The van der Waals surface area contributed by atoms with Crippen molar-refractivity contribution in [1.82, 2.24) is 4.90 Å². The molecule has 5 N–H and O–H groups in total. The van der Waals surface area contributed by atoms with E-state index in [4.69, 9.17) is 21.4 Å². The highest BCUT2D eigenvalue weighted by atomic mass is 16.6. The number of rotatable bonds is 6. The molecule has 0 aliphatic carbocycles. The van der Waals surface area contributed by atoms with Crippen molar-refractivity contribution >= 4 is 11.7 Å². The molecule has 1 aliphatic rings. The first kappa shape index (κ1) is 12.7. The fraction of sp³-hybridized carbons (Fsp3) is 0.778. The topological polar surface area (TPSA) is 117 Å². The third-order valence-electron chi connectivity index (χ3n) is 2.53. The third kappa shape index (κ3) is 4.03. The monoisotopic (exact) mass is 230 g/mol. The van der Waals surface area contributed by atoms with Crippen molar-refractivity contribution in [3.63, 3.8) is 0 Å². The van der Waals surface area contributed by atoms with Gasteiger partial charge in [0.15, 0.2) is 0 Å². The zero-order valence-corrected chi connectivity index (χ0v) is 9.35. The van der Waals surface area contributed by atoms with Crippen molar-refractivity contribution < 1.29 is 14.7 Å². The maximum Gasteiger partial charge on any atom is 0.219 e. The van der Waals surface area contributed by atoms with E-state index in [1.165, 1.54) is 6.92 Å². The summed E-state index contributed by atoms with van der Waals surface area (Å²) in [5.41, 5.74) is 10.5. The summed E-state index contributed by atoms with van der Waals surface area (Å²) < 4.78 is 5.02. The van der Waals surface area contributed by atoms with Gasteiger partial charge < -0.3 is 26.3 Å². The zero-order valence-electron chi connectivity index (χ0n) is 9.35. The minimum absolute atomic E-state index is 0.0602. The van der Waals surface area contributed by atoms with Crippen molar-refractivity contribution in [3.8, 4) is 0 Å². The van der Waals surface area contributed by atoms with Crippen molar-refractivity contribution in [3.05, 3.63) is 0 Å². The number of carbonyl (C=O) groups is 1. The number of epoxide rings is 1. The average Bonchev–Trinajstić information content (AvgIpc) is 2.95. The van der Waals surface area contributed by atoms with E-state index in [9.17, 15) is 4.79 Å². The largest absolute Gasteiger partial charge is 0.409 e. The fourth-order valence-electron chi connectivity index (χ4n) is 1.29. The molecule has 1 unspecified atom stereocenters. The lowest BCUT2D eigenvalue weighted by Gasteiger charge is -2.21. The highest BCUT2D eigenvalue weighted by Gasteiger charge is 2.40. The first-order valence-electron chi connectivity index (χ1n) is 5.11. The van der Waals surface area contributed by atoms with Crippen molar-refractivity contribution in [2.24, 2.45) is 16.6 Å². The van der Waals surface area contributed by atoms with Crippen LogP contribution in [0.25, 0.3) is 0 Å². The Morgan fingerprint density at radius 1 is 1.62 bits per heavy atom. The number of hydrogen-bond acceptors (Lipinski definition) is 5. The summed E-state index contributed by atoms with van der Waals surface area (Å²) in [5, 5.41) is 11.2. The van der Waals surface area contributed by atoms with E-state index < -0.39 is 5.72 Å². The Kier molecular flexibility index (Phi) is 4.08. The minimum atomic E-state index is -0.551. The number of ether oxygens (including phenoxy) is 1. The van der Waals surface area contributed by atoms with E-state index in [-0.39, 0.29) is 11.7 Å². The molecule has 0 saturated carbocycles. The van der Waals surface area contributed by atoms with E-state index in [1.807, 2.05) is 0 Å². The minimum Gasteiger partial charge on any atom is -0.409 e. The number of hydrogen-bond donors (Lipinski definition) is 3. The predicted molar refractivity (Wildman–Crippen MR) is 57.8 cm³/mol. The van der Waals surface area contributed by atoms with Gasteiger partial charge in [-0.2, -0.15) is 0 Å². The SMILES string of the molecule is CC(=O)N(CC/C(N)=N\O)CCC1(N)CO1. The first-order chi connectivity index (χ1) is 7.47. The molecule has 0 spiro atoms. The number of amidine groups is 1. The van der Waals surface area contributed by atoms with E-state index in [0.29, 0.717) is 32.5 Å². The normalized spacial score (nSPS) is 24.2. The van der Waals surface area contributed by atoms with Gasteiger partial charge in [0.05, 0.1) is 6.61 Å². The molecule has 1 fully saturated rings. The summed E-state index contributed by atoms with van der Waals surface area (Å²) in [6.45, 7) is 2.95. The Balaban J connectivity index is 2.32. The Hall–Kier alpha value is -1.34. The van der Waals surface area contributed by atoms with Gasteiger partial charge in [0.2, 0.25) is 5.91 Å². The van der Waals surface area contributed by atoms with Crippen LogP contribution in [0.1, 0.15) is 19.8 Å². The third-order valence-corrected chi connectivity index (χ3v) is 2.53. The molecule has 0 aromatic rings. The van der Waals surface area contributed by atoms with Crippen LogP contribution in [-0.2, 0) is 9.53 Å². The van der Waals surface area contributed by atoms with Crippen molar-refractivity contribution in [2.45, 2.75) is 25.5 Å². The second kappa shape index (κ2) is 5.13. The lowest BCUT2D eigenvalue weighted by molar-refractivity contribution is -0.128. The van der Waals surface area contributed by atoms with Crippen LogP contribution in [-0.4, -0.2) is 47.3 Å². The second-order valence-electron chi connectivity index (χ2n) is 3.95. The number of carbonyl (C=O) groups excluding carboxylic acids is 1. The van der Waals surface area contributed by atoms with Gasteiger partial charge in [-0.3, -0.25) is 4.79 Å². The van der Waals surface area contributed by atoms with Crippen molar-refractivity contribution in [2.75, 3.05) is 19.7 Å². The molecular weight excluding hydrogens is 212 g/mol. The Labute approximate surface area is 94.0 Å². The zero-order chi connectivity index (χ0) is 12.2. The number of nitrogens with zero attached hydrogens (tertiary/aromatic N) is 2.